The number of nitrogens with one attached hydrogen (secondary N) is 1. The molecular weight excluding hydrogens is 434 g/mol. The molecule has 0 saturated heterocycles. The van der Waals surface area contributed by atoms with E-state index in [9.17, 15) is 0 Å². The first-order chi connectivity index (χ1) is 15.2. The van der Waals surface area contributed by atoms with Gasteiger partial charge in [0.15, 0.2) is 22.3 Å². The van der Waals surface area contributed by atoms with Crippen molar-refractivity contribution < 1.29 is 0 Å². The summed E-state index contributed by atoms with van der Waals surface area (Å²) in [6, 6.07) is 8.12. The second kappa shape index (κ2) is 7.31. The molecule has 11 heteroatoms. The van der Waals surface area contributed by atoms with Gasteiger partial charge in [-0.05, 0) is 37.0 Å². The summed E-state index contributed by atoms with van der Waals surface area (Å²) < 4.78 is 3.89. The summed E-state index contributed by atoms with van der Waals surface area (Å²) in [6.45, 7) is 2.95. The Morgan fingerprint density at radius 2 is 2.06 bits per heavy atom. The van der Waals surface area contributed by atoms with Gasteiger partial charge in [-0.25, -0.2) is 14.5 Å². The van der Waals surface area contributed by atoms with Crippen molar-refractivity contribution in [2.24, 2.45) is 0 Å². The lowest BCUT2D eigenvalue weighted by atomic mass is 10.1. The van der Waals surface area contributed by atoms with Crippen LogP contribution in [0.5, 0.6) is 0 Å². The molecule has 2 unspecified atom stereocenters. The van der Waals surface area contributed by atoms with E-state index >= 15 is 0 Å². The van der Waals surface area contributed by atoms with Crippen molar-refractivity contribution in [1.29, 1.82) is 0 Å². The Kier molecular flexibility index (Phi) is 4.43. The molecule has 2 atom stereocenters. The maximum atomic E-state index is 6.03. The van der Waals surface area contributed by atoms with Crippen LogP contribution in [0.2, 0.25) is 5.02 Å². The zero-order valence-corrected chi connectivity index (χ0v) is 18.2. The number of nitrogens with zero attached hydrogens (tertiary/aromatic N) is 8. The highest BCUT2D eigenvalue weighted by molar-refractivity contribution is 7.98. The maximum absolute atomic E-state index is 6.03. The van der Waals surface area contributed by atoms with Crippen molar-refractivity contribution >= 4 is 40.0 Å². The number of hydrogen-bond donors (Lipinski definition) is 1. The van der Waals surface area contributed by atoms with Crippen molar-refractivity contribution in [3.8, 4) is 0 Å². The van der Waals surface area contributed by atoms with Crippen LogP contribution in [0, 0.1) is 0 Å². The molecule has 4 aromatic heterocycles. The normalized spacial score (nSPS) is 18.3. The van der Waals surface area contributed by atoms with Gasteiger partial charge in [0, 0.05) is 17.5 Å². The molecule has 0 amide bonds. The van der Waals surface area contributed by atoms with Crippen LogP contribution in [0.3, 0.4) is 0 Å². The zero-order chi connectivity index (χ0) is 20.9. The lowest BCUT2D eigenvalue weighted by Gasteiger charge is -2.06. The molecule has 1 N–H and O–H groups in total. The van der Waals surface area contributed by atoms with Crippen LogP contribution in [0.1, 0.15) is 42.4 Å². The number of rotatable bonds is 6. The van der Waals surface area contributed by atoms with Crippen LogP contribution in [-0.4, -0.2) is 44.5 Å². The van der Waals surface area contributed by atoms with E-state index in [1.165, 1.54) is 5.56 Å². The van der Waals surface area contributed by atoms with E-state index in [0.29, 0.717) is 23.2 Å². The van der Waals surface area contributed by atoms with Crippen molar-refractivity contribution in [2.45, 2.75) is 42.6 Å². The highest BCUT2D eigenvalue weighted by Crippen LogP contribution is 2.54. The van der Waals surface area contributed by atoms with E-state index in [4.69, 9.17) is 11.6 Å². The van der Waals surface area contributed by atoms with E-state index in [2.05, 4.69) is 59.1 Å². The van der Waals surface area contributed by atoms with Crippen molar-refractivity contribution in [1.82, 2.24) is 44.5 Å². The summed E-state index contributed by atoms with van der Waals surface area (Å²) >= 11 is 7.63. The summed E-state index contributed by atoms with van der Waals surface area (Å²) in [5.41, 5.74) is 2.76. The minimum atomic E-state index is 0.400. The van der Waals surface area contributed by atoms with Crippen LogP contribution in [-0.2, 0) is 12.3 Å². The number of H-pyrrole nitrogens is 1. The maximum Gasteiger partial charge on any atom is 0.191 e. The number of aromatic amines is 1. The SMILES string of the molecule is CCn1c(SCc2nc3c4cn[nH]c4ncn3n2)nnc1C1CC1c1ccc(Cl)cc1. The number of fused-ring (bicyclic) bond motifs is 3. The molecule has 0 spiro atoms. The molecule has 0 aliphatic heterocycles. The van der Waals surface area contributed by atoms with E-state index < -0.39 is 0 Å². The molecule has 6 rings (SSSR count). The van der Waals surface area contributed by atoms with Gasteiger partial charge < -0.3 is 4.57 Å². The summed E-state index contributed by atoms with van der Waals surface area (Å²) in [5, 5.41) is 22.9. The summed E-state index contributed by atoms with van der Waals surface area (Å²) in [4.78, 5) is 8.96. The molecule has 4 heterocycles. The number of benzene rings is 1. The molecule has 1 fully saturated rings. The highest BCUT2D eigenvalue weighted by Gasteiger charge is 2.43. The monoisotopic (exact) mass is 451 g/mol. The van der Waals surface area contributed by atoms with Crippen LogP contribution >= 0.6 is 23.4 Å². The average molecular weight is 452 g/mol. The lowest BCUT2D eigenvalue weighted by Crippen LogP contribution is -2.03. The van der Waals surface area contributed by atoms with Gasteiger partial charge in [-0.3, -0.25) is 5.10 Å². The van der Waals surface area contributed by atoms with Gasteiger partial charge >= 0.3 is 0 Å². The molecule has 1 aliphatic rings. The van der Waals surface area contributed by atoms with Gasteiger partial charge in [-0.2, -0.15) is 5.10 Å². The Hall–Kier alpha value is -2.98. The first-order valence-electron chi connectivity index (χ1n) is 10.1. The lowest BCUT2D eigenvalue weighted by molar-refractivity contribution is 0.640. The first-order valence-corrected chi connectivity index (χ1v) is 11.4. The molecule has 1 saturated carbocycles. The topological polar surface area (TPSA) is 102 Å². The van der Waals surface area contributed by atoms with Crippen LogP contribution < -0.4 is 0 Å². The predicted octanol–water partition coefficient (Wildman–Crippen LogP) is 3.83. The standard InChI is InChI=1S/C20H18ClN9S/c1-2-29-19(14-7-13(14)11-3-5-12(21)6-4-11)26-27-20(29)31-9-16-24-18-15-8-23-25-17(15)22-10-30(18)28-16/h3-6,8,10,13-14H,2,7,9H2,1H3,(H,23,25). The van der Waals surface area contributed by atoms with E-state index in [1.54, 1.807) is 28.8 Å². The number of thioether (sulfide) groups is 1. The highest BCUT2D eigenvalue weighted by atomic mass is 35.5. The fraction of sp³-hybridized carbons (Fsp3) is 0.300. The molecule has 1 aliphatic carbocycles. The van der Waals surface area contributed by atoms with Gasteiger partial charge in [0.05, 0.1) is 17.3 Å². The van der Waals surface area contributed by atoms with Crippen LogP contribution in [0.25, 0.3) is 16.7 Å². The Morgan fingerprint density at radius 3 is 2.90 bits per heavy atom. The minimum Gasteiger partial charge on any atom is -0.306 e. The third kappa shape index (κ3) is 3.26. The fourth-order valence-electron chi connectivity index (χ4n) is 4.01. The van der Waals surface area contributed by atoms with Gasteiger partial charge in [0.1, 0.15) is 12.2 Å². The second-order valence-corrected chi connectivity index (χ2v) is 8.93. The molecule has 0 bridgehead atoms. The van der Waals surface area contributed by atoms with Crippen LogP contribution in [0.15, 0.2) is 41.9 Å². The number of hydrogen-bond acceptors (Lipinski definition) is 7. The summed E-state index contributed by atoms with van der Waals surface area (Å²) in [6.07, 6.45) is 4.45. The van der Waals surface area contributed by atoms with Gasteiger partial charge in [0.2, 0.25) is 0 Å². The third-order valence-corrected chi connectivity index (χ3v) is 6.86. The Labute approximate surface area is 186 Å². The smallest absolute Gasteiger partial charge is 0.191 e. The van der Waals surface area contributed by atoms with Gasteiger partial charge in [-0.15, -0.1) is 15.3 Å². The molecule has 5 aromatic rings. The largest absolute Gasteiger partial charge is 0.306 e. The molecule has 9 nitrogen and oxygen atoms in total. The molecule has 1 aromatic carbocycles. The Bertz CT molecular complexity index is 1390. The van der Waals surface area contributed by atoms with Crippen molar-refractivity contribution in [2.75, 3.05) is 0 Å². The number of halogens is 1. The van der Waals surface area contributed by atoms with Gasteiger partial charge in [-0.1, -0.05) is 35.5 Å². The molecule has 156 valence electrons. The predicted molar refractivity (Wildman–Crippen MR) is 117 cm³/mol. The van der Waals surface area contributed by atoms with Crippen molar-refractivity contribution in [3.05, 3.63) is 59.0 Å². The second-order valence-electron chi connectivity index (χ2n) is 7.55. The summed E-state index contributed by atoms with van der Waals surface area (Å²) in [7, 11) is 0. The molecular formula is C20H18ClN9S. The van der Waals surface area contributed by atoms with E-state index in [0.717, 1.165) is 45.8 Å². The molecule has 0 radical (unpaired) electrons. The fourth-order valence-corrected chi connectivity index (χ4v) is 5.00. The zero-order valence-electron chi connectivity index (χ0n) is 16.6. The van der Waals surface area contributed by atoms with E-state index in [1.807, 2.05) is 12.1 Å². The van der Waals surface area contributed by atoms with Crippen molar-refractivity contribution in [3.63, 3.8) is 0 Å². The number of aromatic nitrogens is 9. The quantitative estimate of drug-likeness (QED) is 0.391. The van der Waals surface area contributed by atoms with Crippen LogP contribution in [0.4, 0.5) is 0 Å². The average Bonchev–Trinajstić information content (AvgIpc) is 3.13. The Balaban J connectivity index is 1.21. The minimum absolute atomic E-state index is 0.400. The Morgan fingerprint density at radius 1 is 1.19 bits per heavy atom. The third-order valence-electron chi connectivity index (χ3n) is 5.64. The van der Waals surface area contributed by atoms with Gasteiger partial charge in [0.25, 0.3) is 0 Å². The molecule has 31 heavy (non-hydrogen) atoms. The first kappa shape index (κ1) is 18.8. The summed E-state index contributed by atoms with van der Waals surface area (Å²) in [5.74, 6) is 3.26. The van der Waals surface area contributed by atoms with E-state index in [-0.39, 0.29) is 0 Å².